The number of hydrogen-bond donors (Lipinski definition) is 21. The quantitative estimate of drug-likeness (QED) is 0.0164. The number of aromatic hydroxyl groups is 1. The predicted molar refractivity (Wildman–Crippen MR) is 385 cm³/mol. The SMILES string of the molecule is COC(c1ccc(O)cc1)C(NC(=O)C(CCC(N)=O)N(C)C(=O)C(CC(C)C)NC(=O)C(CCCN=C(N)N)NC(=O)C(NC(=O)C(NC(=O)C(NC(=O)C(O)C(O)C(CCCN=C(N)N)NC(=O)C(C)NC(=O)C(C)C(O)C(C)CC(C)C)C(C)CC(N)=O)C(C)O)C(C)O)C(=O)N(C)C(C)C(=O)O. The predicted octanol–water partition coefficient (Wildman–Crippen LogP) is -6.17. The number of rotatable bonds is 48. The van der Waals surface area contributed by atoms with Gasteiger partial charge in [0.1, 0.15) is 72.3 Å². The van der Waals surface area contributed by atoms with E-state index >= 15 is 0 Å². The van der Waals surface area contributed by atoms with Crippen LogP contribution >= 0.6 is 0 Å². The van der Waals surface area contributed by atoms with Gasteiger partial charge in [0.2, 0.25) is 65.0 Å². The van der Waals surface area contributed by atoms with E-state index in [1.165, 1.54) is 59.1 Å². The molecular weight excluding hydrogens is 1390 g/mol. The van der Waals surface area contributed by atoms with Gasteiger partial charge in [0.05, 0.1) is 30.3 Å². The molecule has 0 spiro atoms. The third-order valence-electron chi connectivity index (χ3n) is 17.5. The lowest BCUT2D eigenvalue weighted by atomic mass is 9.87. The molecule has 0 saturated carbocycles. The number of aliphatic hydroxyl groups excluding tert-OH is 5. The number of carboxylic acid groups (broad SMARTS) is 1. The van der Waals surface area contributed by atoms with Gasteiger partial charge in [-0.15, -0.1) is 0 Å². The van der Waals surface area contributed by atoms with Crippen LogP contribution in [0.4, 0.5) is 0 Å². The molecular formula is C67H116N18O21. The van der Waals surface area contributed by atoms with Gasteiger partial charge in [-0.3, -0.25) is 67.5 Å². The molecule has 0 aliphatic rings. The van der Waals surface area contributed by atoms with Crippen molar-refractivity contribution in [1.29, 1.82) is 0 Å². The van der Waals surface area contributed by atoms with Gasteiger partial charge >= 0.3 is 5.97 Å². The number of methoxy groups -OCH3 is 1. The molecule has 1 rings (SSSR count). The number of aliphatic hydroxyl groups is 5. The molecule has 27 N–H and O–H groups in total. The van der Waals surface area contributed by atoms with E-state index in [1.807, 2.05) is 13.8 Å². The lowest BCUT2D eigenvalue weighted by molar-refractivity contribution is -0.152. The number of aliphatic carboxylic acids is 1. The molecule has 12 amide bonds. The van der Waals surface area contributed by atoms with Crippen LogP contribution in [0.3, 0.4) is 0 Å². The fraction of sp³-hybridized carbons (Fsp3) is 0.687. The molecule has 106 heavy (non-hydrogen) atoms. The van der Waals surface area contributed by atoms with Gasteiger partial charge < -0.3 is 127 Å². The summed E-state index contributed by atoms with van der Waals surface area (Å²) >= 11 is 0. The fourth-order valence-corrected chi connectivity index (χ4v) is 11.3. The smallest absolute Gasteiger partial charge is 0.326 e. The van der Waals surface area contributed by atoms with Crippen LogP contribution < -0.4 is 76.9 Å². The number of carbonyl (C=O) groups is 13. The number of nitrogens with two attached hydrogens (primary N) is 6. The van der Waals surface area contributed by atoms with Crippen molar-refractivity contribution in [2.45, 2.75) is 231 Å². The van der Waals surface area contributed by atoms with Gasteiger partial charge in [0.25, 0.3) is 5.91 Å². The molecule has 600 valence electrons. The molecule has 1 aromatic rings. The Kier molecular flexibility index (Phi) is 40.7. The van der Waals surface area contributed by atoms with Gasteiger partial charge in [-0.1, -0.05) is 60.6 Å². The maximum atomic E-state index is 14.8. The average Bonchev–Trinajstić information content (AvgIpc) is 0.797. The Balaban J connectivity index is 3.78. The van der Waals surface area contributed by atoms with Crippen molar-refractivity contribution in [3.8, 4) is 5.75 Å². The highest BCUT2D eigenvalue weighted by molar-refractivity contribution is 5.99. The average molecular weight is 1510 g/mol. The Bertz CT molecular complexity index is 3170. The summed E-state index contributed by atoms with van der Waals surface area (Å²) in [7, 11) is 3.50. The first-order valence-corrected chi connectivity index (χ1v) is 34.8. The lowest BCUT2D eigenvalue weighted by Gasteiger charge is -2.35. The maximum Gasteiger partial charge on any atom is 0.326 e. The van der Waals surface area contributed by atoms with Crippen LogP contribution in [0, 0.1) is 29.6 Å². The summed E-state index contributed by atoms with van der Waals surface area (Å²) in [6.45, 7) is 16.1. The van der Waals surface area contributed by atoms with Crippen molar-refractivity contribution in [2.24, 2.45) is 74.0 Å². The number of hydrogen-bond acceptors (Lipinski definition) is 22. The highest BCUT2D eigenvalue weighted by Crippen LogP contribution is 2.27. The number of carboxylic acids is 1. The van der Waals surface area contributed by atoms with Crippen molar-refractivity contribution in [1.82, 2.24) is 52.3 Å². The van der Waals surface area contributed by atoms with Crippen LogP contribution in [0.25, 0.3) is 0 Å². The number of nitrogens with one attached hydrogen (secondary N) is 8. The summed E-state index contributed by atoms with van der Waals surface area (Å²) in [5.74, 6) is -18.1. The topological polar surface area (TPSA) is 656 Å². The minimum Gasteiger partial charge on any atom is -0.508 e. The second-order valence-corrected chi connectivity index (χ2v) is 27.6. The van der Waals surface area contributed by atoms with E-state index in [0.717, 1.165) is 37.7 Å². The largest absolute Gasteiger partial charge is 0.508 e. The molecule has 0 fully saturated rings. The number of guanidine groups is 2. The van der Waals surface area contributed by atoms with Crippen molar-refractivity contribution >= 4 is 88.8 Å². The number of aliphatic imine (C=N–C) groups is 2. The number of phenols is 1. The van der Waals surface area contributed by atoms with E-state index in [9.17, 15) is 98.1 Å². The number of nitrogens with zero attached hydrogens (tertiary/aromatic N) is 4. The Morgan fingerprint density at radius 3 is 1.44 bits per heavy atom. The van der Waals surface area contributed by atoms with Crippen molar-refractivity contribution < 1.29 is 103 Å². The van der Waals surface area contributed by atoms with Crippen LogP contribution in [-0.2, 0) is 67.1 Å². The van der Waals surface area contributed by atoms with Gasteiger partial charge in [-0.2, -0.15) is 0 Å². The highest BCUT2D eigenvalue weighted by Gasteiger charge is 2.43. The van der Waals surface area contributed by atoms with Crippen LogP contribution in [-0.4, -0.2) is 260 Å². The first-order chi connectivity index (χ1) is 49.2. The standard InChI is InChI=1S/C67H116N18O21/c1-30(2)27-33(6)51(91)34(7)55(94)76-35(8)56(95)77-41(17-15-25-74-66(70)71)52(92)53(93)62(101)80-47(32(5)29-46(69)90)59(98)81-49(38(11)87)61(100)82-48(37(10)86)60(99)78-42(18-16-26-75-67(72)73)57(96)79-43(28-31(3)4)63(102)85(13)44(23-24-45(68)89)58(97)83-50(64(103)84(12)36(9)65(104)105)54(106-14)39-19-21-40(88)22-20-39/h19-22,30-38,41-44,47-54,86-88,91-93H,15-18,23-29H2,1-14H3,(H2,68,89)(H2,69,90)(H,76,94)(H,77,95)(H,78,99)(H,79,96)(H,80,101)(H,81,98)(H,82,100)(H,83,97)(H,104,105)(H4,70,71,74)(H4,72,73,75). The summed E-state index contributed by atoms with van der Waals surface area (Å²) in [4.78, 5) is 188. The van der Waals surface area contributed by atoms with E-state index < -0.39 is 211 Å². The summed E-state index contributed by atoms with van der Waals surface area (Å²) in [5.41, 5.74) is 33.2. The molecule has 19 unspecified atom stereocenters. The van der Waals surface area contributed by atoms with Crippen molar-refractivity contribution in [3.05, 3.63) is 29.8 Å². The summed E-state index contributed by atoms with van der Waals surface area (Å²) in [6.07, 6.45) is -12.7. The molecule has 0 radical (unpaired) electrons. The number of ether oxygens (including phenoxy) is 1. The van der Waals surface area contributed by atoms with Gasteiger partial charge in [0, 0.05) is 47.1 Å². The normalized spacial score (nSPS) is 16.8. The summed E-state index contributed by atoms with van der Waals surface area (Å²) in [6, 6.07) is -11.7. The molecule has 39 heteroatoms. The van der Waals surface area contributed by atoms with E-state index in [-0.39, 0.29) is 80.3 Å². The van der Waals surface area contributed by atoms with E-state index in [0.29, 0.717) is 6.42 Å². The third kappa shape index (κ3) is 31.6. The molecule has 0 saturated heterocycles. The fourth-order valence-electron chi connectivity index (χ4n) is 11.3. The van der Waals surface area contributed by atoms with Crippen molar-refractivity contribution in [3.63, 3.8) is 0 Å². The second kappa shape index (κ2) is 45.7. The number of phenolic OH excluding ortho intramolecular Hbond substituents is 1. The molecule has 0 aliphatic heterocycles. The molecule has 1 aromatic carbocycles. The van der Waals surface area contributed by atoms with Gasteiger partial charge in [0.15, 0.2) is 18.0 Å². The van der Waals surface area contributed by atoms with Crippen LogP contribution in [0.1, 0.15) is 146 Å². The summed E-state index contributed by atoms with van der Waals surface area (Å²) < 4.78 is 5.67. The number of primary amides is 2. The van der Waals surface area contributed by atoms with E-state index in [2.05, 4.69) is 52.5 Å². The van der Waals surface area contributed by atoms with E-state index in [1.54, 1.807) is 20.8 Å². The Morgan fingerprint density at radius 1 is 0.491 bits per heavy atom. The Labute approximate surface area is 616 Å². The maximum absolute atomic E-state index is 14.8. The first-order valence-electron chi connectivity index (χ1n) is 34.8. The monoisotopic (exact) mass is 1510 g/mol. The molecule has 39 nitrogen and oxygen atoms in total. The minimum absolute atomic E-state index is 0.0213. The van der Waals surface area contributed by atoms with Gasteiger partial charge in [-0.05, 0) is 114 Å². The Morgan fingerprint density at radius 2 is 0.972 bits per heavy atom. The zero-order valence-electron chi connectivity index (χ0n) is 62.8. The minimum atomic E-state index is -2.50. The molecule has 0 aromatic heterocycles. The van der Waals surface area contributed by atoms with Crippen LogP contribution in [0.2, 0.25) is 0 Å². The Hall–Kier alpha value is -9.57. The number of amides is 12. The molecule has 0 heterocycles. The zero-order chi connectivity index (χ0) is 81.5. The highest BCUT2D eigenvalue weighted by atomic mass is 16.5. The number of benzene rings is 1. The first kappa shape index (κ1) is 94.4. The molecule has 0 aliphatic carbocycles. The second-order valence-electron chi connectivity index (χ2n) is 27.6. The molecule has 19 atom stereocenters. The zero-order valence-corrected chi connectivity index (χ0v) is 62.8. The third-order valence-corrected chi connectivity index (χ3v) is 17.5. The van der Waals surface area contributed by atoms with Crippen molar-refractivity contribution in [2.75, 3.05) is 34.3 Å². The van der Waals surface area contributed by atoms with Crippen LogP contribution in [0.15, 0.2) is 34.3 Å². The number of likely N-dealkylation sites (N-methyl/N-ethyl adjacent to an activating group) is 2. The molecule has 0 bridgehead atoms. The van der Waals surface area contributed by atoms with Crippen LogP contribution in [0.5, 0.6) is 5.75 Å². The lowest BCUT2D eigenvalue weighted by Crippen LogP contribution is -2.64. The number of carbonyl (C=O) groups excluding carboxylic acids is 12. The van der Waals surface area contributed by atoms with Gasteiger partial charge in [-0.25, -0.2) is 4.79 Å². The van der Waals surface area contributed by atoms with E-state index in [4.69, 9.17) is 39.1 Å². The summed E-state index contributed by atoms with van der Waals surface area (Å²) in [5, 5.41) is 95.0.